The first kappa shape index (κ1) is 19.1. The largest absolute Gasteiger partial charge is 0.403 e. The summed E-state index contributed by atoms with van der Waals surface area (Å²) in [5.74, 6) is -0.438. The molecule has 0 unspecified atom stereocenters. The molecule has 1 aromatic carbocycles. The van der Waals surface area contributed by atoms with Gasteiger partial charge in [-0.15, -0.1) is 5.10 Å². The monoisotopic (exact) mass is 418 g/mol. The van der Waals surface area contributed by atoms with Crippen molar-refractivity contribution in [2.75, 3.05) is 24.7 Å². The van der Waals surface area contributed by atoms with Gasteiger partial charge >= 0.3 is 6.01 Å². The zero-order chi connectivity index (χ0) is 18.9. The molecule has 0 bridgehead atoms. The summed E-state index contributed by atoms with van der Waals surface area (Å²) >= 11 is 12.0. The van der Waals surface area contributed by atoms with Crippen LogP contribution >= 0.6 is 23.2 Å². The fraction of sp³-hybridized carbons (Fsp3) is 0.400. The van der Waals surface area contributed by atoms with Crippen molar-refractivity contribution in [3.63, 3.8) is 0 Å². The van der Waals surface area contributed by atoms with E-state index in [0.29, 0.717) is 41.5 Å². The number of rotatable bonds is 4. The van der Waals surface area contributed by atoms with Crippen LogP contribution in [0.3, 0.4) is 0 Å². The van der Waals surface area contributed by atoms with Gasteiger partial charge in [-0.3, -0.25) is 10.1 Å². The van der Waals surface area contributed by atoms with Gasteiger partial charge < -0.3 is 4.42 Å². The summed E-state index contributed by atoms with van der Waals surface area (Å²) in [5.41, 5.74) is 0.505. The Labute approximate surface area is 160 Å². The van der Waals surface area contributed by atoms with Gasteiger partial charge in [0.15, 0.2) is 0 Å². The second-order valence-corrected chi connectivity index (χ2v) is 8.79. The molecule has 1 fully saturated rings. The maximum Gasteiger partial charge on any atom is 0.322 e. The Morgan fingerprint density at radius 1 is 1.27 bits per heavy atom. The van der Waals surface area contributed by atoms with Crippen molar-refractivity contribution >= 4 is 45.1 Å². The van der Waals surface area contributed by atoms with E-state index < -0.39 is 10.0 Å². The van der Waals surface area contributed by atoms with Crippen LogP contribution in [0.25, 0.3) is 11.5 Å². The molecule has 2 heterocycles. The molecule has 0 saturated carbocycles. The third-order valence-corrected chi connectivity index (χ3v) is 5.96. The van der Waals surface area contributed by atoms with E-state index in [0.717, 1.165) is 6.26 Å². The average Bonchev–Trinajstić information content (AvgIpc) is 3.02. The van der Waals surface area contributed by atoms with Crippen LogP contribution in [0.2, 0.25) is 10.0 Å². The lowest BCUT2D eigenvalue weighted by Gasteiger charge is -2.29. The van der Waals surface area contributed by atoms with Crippen LogP contribution in [0.15, 0.2) is 22.6 Å². The fourth-order valence-electron chi connectivity index (χ4n) is 2.70. The molecule has 0 radical (unpaired) electrons. The lowest BCUT2D eigenvalue weighted by molar-refractivity contribution is -0.121. The van der Waals surface area contributed by atoms with E-state index in [9.17, 15) is 13.2 Å². The first-order chi connectivity index (χ1) is 12.2. The SMILES string of the molecule is CS(=O)(=O)N1CCC(C(=O)Nc2nnc(-c3ccc(Cl)cc3Cl)o2)CC1. The van der Waals surface area contributed by atoms with E-state index in [1.165, 1.54) is 4.31 Å². The molecule has 0 spiro atoms. The van der Waals surface area contributed by atoms with Crippen molar-refractivity contribution in [3.05, 3.63) is 28.2 Å². The summed E-state index contributed by atoms with van der Waals surface area (Å²) in [6.45, 7) is 0.624. The second-order valence-electron chi connectivity index (χ2n) is 5.96. The molecule has 1 amide bonds. The van der Waals surface area contributed by atoms with Crippen molar-refractivity contribution in [1.82, 2.24) is 14.5 Å². The van der Waals surface area contributed by atoms with E-state index in [1.807, 2.05) is 0 Å². The number of nitrogens with one attached hydrogen (secondary N) is 1. The molecule has 11 heteroatoms. The molecule has 0 aliphatic carbocycles. The van der Waals surface area contributed by atoms with Crippen molar-refractivity contribution in [1.29, 1.82) is 0 Å². The Morgan fingerprint density at radius 2 is 1.96 bits per heavy atom. The molecule has 26 heavy (non-hydrogen) atoms. The van der Waals surface area contributed by atoms with Crippen LogP contribution in [0.1, 0.15) is 12.8 Å². The topological polar surface area (TPSA) is 105 Å². The number of aromatic nitrogens is 2. The lowest BCUT2D eigenvalue weighted by Crippen LogP contribution is -2.40. The van der Waals surface area contributed by atoms with E-state index in [-0.39, 0.29) is 23.7 Å². The Morgan fingerprint density at radius 3 is 2.58 bits per heavy atom. The minimum absolute atomic E-state index is 0.0402. The van der Waals surface area contributed by atoms with Gasteiger partial charge in [-0.25, -0.2) is 12.7 Å². The third kappa shape index (κ3) is 4.35. The maximum atomic E-state index is 12.3. The maximum absolute atomic E-state index is 12.3. The van der Waals surface area contributed by atoms with Crippen LogP contribution < -0.4 is 5.32 Å². The Hall–Kier alpha value is -1.68. The quantitative estimate of drug-likeness (QED) is 0.817. The Balaban J connectivity index is 1.63. The predicted molar refractivity (Wildman–Crippen MR) is 97.5 cm³/mol. The number of anilines is 1. The summed E-state index contributed by atoms with van der Waals surface area (Å²) in [6.07, 6.45) is 2.03. The van der Waals surface area contributed by atoms with Crippen molar-refractivity contribution in [2.24, 2.45) is 5.92 Å². The predicted octanol–water partition coefficient (Wildman–Crippen LogP) is 2.65. The highest BCUT2D eigenvalue weighted by atomic mass is 35.5. The molecule has 1 aliphatic heterocycles. The smallest absolute Gasteiger partial charge is 0.322 e. The molecule has 1 N–H and O–H groups in total. The van der Waals surface area contributed by atoms with Gasteiger partial charge in [-0.1, -0.05) is 28.3 Å². The van der Waals surface area contributed by atoms with E-state index in [1.54, 1.807) is 18.2 Å². The van der Waals surface area contributed by atoms with E-state index in [4.69, 9.17) is 27.6 Å². The number of amides is 1. The van der Waals surface area contributed by atoms with Gasteiger partial charge in [-0.2, -0.15) is 0 Å². The molecule has 8 nitrogen and oxygen atoms in total. The van der Waals surface area contributed by atoms with Crippen LogP contribution in [0.4, 0.5) is 6.01 Å². The highest BCUT2D eigenvalue weighted by Crippen LogP contribution is 2.30. The van der Waals surface area contributed by atoms with Crippen molar-refractivity contribution in [2.45, 2.75) is 12.8 Å². The highest BCUT2D eigenvalue weighted by molar-refractivity contribution is 7.88. The van der Waals surface area contributed by atoms with E-state index in [2.05, 4.69) is 15.5 Å². The molecule has 140 valence electrons. The molecule has 2 aromatic rings. The summed E-state index contributed by atoms with van der Waals surface area (Å²) in [4.78, 5) is 12.3. The molecule has 1 aliphatic rings. The molecular weight excluding hydrogens is 403 g/mol. The van der Waals surface area contributed by atoms with Gasteiger partial charge in [0.1, 0.15) is 0 Å². The number of sulfonamides is 1. The molecule has 3 rings (SSSR count). The summed E-state index contributed by atoms with van der Waals surface area (Å²) in [5, 5.41) is 11.1. The Bertz CT molecular complexity index is 923. The van der Waals surface area contributed by atoms with Crippen molar-refractivity contribution in [3.8, 4) is 11.5 Å². The van der Waals surface area contributed by atoms with Crippen molar-refractivity contribution < 1.29 is 17.6 Å². The van der Waals surface area contributed by atoms with Crippen LogP contribution in [0, 0.1) is 5.92 Å². The van der Waals surface area contributed by atoms with Crippen LogP contribution in [0.5, 0.6) is 0 Å². The average molecular weight is 419 g/mol. The minimum atomic E-state index is -3.23. The number of carbonyl (C=O) groups is 1. The zero-order valence-corrected chi connectivity index (χ0v) is 16.1. The van der Waals surface area contributed by atoms with Gasteiger partial charge in [0.2, 0.25) is 15.9 Å². The first-order valence-corrected chi connectivity index (χ1v) is 10.4. The number of hydrogen-bond donors (Lipinski definition) is 1. The summed E-state index contributed by atoms with van der Waals surface area (Å²) in [7, 11) is -3.23. The van der Waals surface area contributed by atoms with Gasteiger partial charge in [0.25, 0.3) is 5.89 Å². The summed E-state index contributed by atoms with van der Waals surface area (Å²) in [6, 6.07) is 4.80. The highest BCUT2D eigenvalue weighted by Gasteiger charge is 2.29. The molecule has 0 atom stereocenters. The zero-order valence-electron chi connectivity index (χ0n) is 13.8. The number of benzene rings is 1. The molecule has 1 aromatic heterocycles. The number of nitrogens with zero attached hydrogens (tertiary/aromatic N) is 3. The first-order valence-electron chi connectivity index (χ1n) is 7.79. The van der Waals surface area contributed by atoms with Gasteiger partial charge in [0, 0.05) is 24.0 Å². The summed E-state index contributed by atoms with van der Waals surface area (Å²) < 4.78 is 29.8. The molecule has 1 saturated heterocycles. The van der Waals surface area contributed by atoms with Crippen LogP contribution in [-0.4, -0.2) is 48.2 Å². The normalized spacial score (nSPS) is 16.6. The number of halogens is 2. The molecular formula is C15H16Cl2N4O4S. The number of hydrogen-bond acceptors (Lipinski definition) is 6. The third-order valence-electron chi connectivity index (χ3n) is 4.11. The fourth-order valence-corrected chi connectivity index (χ4v) is 4.07. The van der Waals surface area contributed by atoms with Gasteiger partial charge in [0.05, 0.1) is 16.8 Å². The van der Waals surface area contributed by atoms with Gasteiger partial charge in [-0.05, 0) is 31.0 Å². The van der Waals surface area contributed by atoms with E-state index >= 15 is 0 Å². The van der Waals surface area contributed by atoms with Crippen LogP contribution in [-0.2, 0) is 14.8 Å². The minimum Gasteiger partial charge on any atom is -0.403 e. The lowest BCUT2D eigenvalue weighted by atomic mass is 9.97. The number of piperidine rings is 1. The standard InChI is InChI=1S/C15H16Cl2N4O4S/c1-26(23,24)21-6-4-9(5-7-21)13(22)18-15-20-19-14(25-15)11-3-2-10(16)8-12(11)17/h2-3,8-9H,4-7H2,1H3,(H,18,20,22). The number of carbonyl (C=O) groups excluding carboxylic acids is 1. The Kier molecular flexibility index (Phi) is 5.52. The second kappa shape index (κ2) is 7.51.